The van der Waals surface area contributed by atoms with E-state index in [9.17, 15) is 4.79 Å². The van der Waals surface area contributed by atoms with Crippen molar-refractivity contribution in [2.24, 2.45) is 7.05 Å². The Morgan fingerprint density at radius 3 is 2.86 bits per heavy atom. The highest BCUT2D eigenvalue weighted by Crippen LogP contribution is 2.14. The fourth-order valence-electron chi connectivity index (χ4n) is 2.82. The van der Waals surface area contributed by atoms with Gasteiger partial charge in [-0.3, -0.25) is 9.69 Å². The first-order chi connectivity index (χ1) is 10.6. The minimum Gasteiger partial charge on any atom is -0.459 e. The normalized spacial score (nSPS) is 16.7. The number of carbonyl (C=O) groups excluding carboxylic acids is 1. The molecule has 6 heteroatoms. The van der Waals surface area contributed by atoms with Crippen LogP contribution in [0.15, 0.2) is 29.1 Å². The van der Waals surface area contributed by atoms with E-state index in [1.165, 1.54) is 0 Å². The van der Waals surface area contributed by atoms with Crippen molar-refractivity contribution in [2.75, 3.05) is 26.2 Å². The van der Waals surface area contributed by atoms with Crippen LogP contribution in [0.4, 0.5) is 0 Å². The lowest BCUT2D eigenvalue weighted by molar-refractivity contribution is 0.0728. The number of hydrogen-bond donors (Lipinski definition) is 0. The third kappa shape index (κ3) is 3.06. The van der Waals surface area contributed by atoms with E-state index >= 15 is 0 Å². The summed E-state index contributed by atoms with van der Waals surface area (Å²) in [6.07, 6.45) is 6.33. The van der Waals surface area contributed by atoms with Crippen LogP contribution < -0.4 is 0 Å². The molecule has 6 nitrogen and oxygen atoms in total. The molecule has 3 rings (SSSR count). The Morgan fingerprint density at radius 2 is 2.18 bits per heavy atom. The van der Waals surface area contributed by atoms with Crippen LogP contribution in [0.2, 0.25) is 0 Å². The van der Waals surface area contributed by atoms with Gasteiger partial charge in [0.2, 0.25) is 0 Å². The van der Waals surface area contributed by atoms with Gasteiger partial charge in [-0.2, -0.15) is 0 Å². The van der Waals surface area contributed by atoms with Crippen molar-refractivity contribution >= 4 is 5.91 Å². The van der Waals surface area contributed by atoms with Crippen LogP contribution in [0.3, 0.4) is 0 Å². The van der Waals surface area contributed by atoms with Crippen molar-refractivity contribution < 1.29 is 9.21 Å². The molecule has 0 atom stereocenters. The number of amides is 1. The Bertz CT molecular complexity index is 646. The van der Waals surface area contributed by atoms with Gasteiger partial charge in [-0.05, 0) is 19.4 Å². The second kappa shape index (κ2) is 6.36. The van der Waals surface area contributed by atoms with Gasteiger partial charge >= 0.3 is 0 Å². The number of furan rings is 1. The first-order valence-corrected chi connectivity index (χ1v) is 7.67. The van der Waals surface area contributed by atoms with Crippen molar-refractivity contribution in [1.29, 1.82) is 0 Å². The van der Waals surface area contributed by atoms with Crippen molar-refractivity contribution in [3.63, 3.8) is 0 Å². The Labute approximate surface area is 130 Å². The molecule has 2 aromatic rings. The monoisotopic (exact) mass is 302 g/mol. The van der Waals surface area contributed by atoms with Crippen LogP contribution in [0.5, 0.6) is 0 Å². The lowest BCUT2D eigenvalue weighted by atomic mass is 10.2. The Kier molecular flexibility index (Phi) is 4.29. The molecule has 0 aliphatic carbocycles. The first kappa shape index (κ1) is 14.8. The largest absolute Gasteiger partial charge is 0.459 e. The Morgan fingerprint density at radius 1 is 1.32 bits per heavy atom. The molecule has 0 saturated carbocycles. The summed E-state index contributed by atoms with van der Waals surface area (Å²) in [5, 5.41) is 0. The predicted octanol–water partition coefficient (Wildman–Crippen LogP) is 1.67. The summed E-state index contributed by atoms with van der Waals surface area (Å²) in [7, 11) is 2.01. The quantitative estimate of drug-likeness (QED) is 0.865. The van der Waals surface area contributed by atoms with Crippen molar-refractivity contribution in [2.45, 2.75) is 19.9 Å². The molecule has 22 heavy (non-hydrogen) atoms. The zero-order chi connectivity index (χ0) is 15.5. The number of hydrogen-bond acceptors (Lipinski definition) is 4. The van der Waals surface area contributed by atoms with Crippen LogP contribution >= 0.6 is 0 Å². The van der Waals surface area contributed by atoms with E-state index in [4.69, 9.17) is 4.42 Å². The van der Waals surface area contributed by atoms with Gasteiger partial charge in [0.15, 0.2) is 5.76 Å². The van der Waals surface area contributed by atoms with Crippen molar-refractivity contribution in [3.05, 3.63) is 41.9 Å². The molecule has 1 aliphatic rings. The summed E-state index contributed by atoms with van der Waals surface area (Å²) in [5.74, 6) is 1.53. The average molecular weight is 302 g/mol. The smallest absolute Gasteiger partial charge is 0.289 e. The fraction of sp³-hybridized carbons (Fsp3) is 0.500. The highest BCUT2D eigenvalue weighted by Gasteiger charge is 2.23. The first-order valence-electron chi connectivity index (χ1n) is 7.67. The van der Waals surface area contributed by atoms with E-state index < -0.39 is 0 Å². The van der Waals surface area contributed by atoms with Gasteiger partial charge in [0.25, 0.3) is 5.91 Å². The second-order valence-corrected chi connectivity index (χ2v) is 5.81. The van der Waals surface area contributed by atoms with Gasteiger partial charge in [0.1, 0.15) is 5.82 Å². The molecule has 2 aromatic heterocycles. The number of aromatic nitrogens is 2. The molecule has 1 fully saturated rings. The molecule has 0 N–H and O–H groups in total. The van der Waals surface area contributed by atoms with Crippen LogP contribution in [0.25, 0.3) is 0 Å². The van der Waals surface area contributed by atoms with Gasteiger partial charge in [-0.25, -0.2) is 4.98 Å². The molecule has 3 heterocycles. The molecular weight excluding hydrogens is 280 g/mol. The number of rotatable bonds is 3. The van der Waals surface area contributed by atoms with Gasteiger partial charge in [-0.1, -0.05) is 0 Å². The second-order valence-electron chi connectivity index (χ2n) is 5.81. The predicted molar refractivity (Wildman–Crippen MR) is 82.5 cm³/mol. The third-order valence-electron chi connectivity index (χ3n) is 4.22. The molecule has 1 aliphatic heterocycles. The van der Waals surface area contributed by atoms with Crippen molar-refractivity contribution in [3.8, 4) is 0 Å². The molecule has 1 amide bonds. The summed E-state index contributed by atoms with van der Waals surface area (Å²) in [4.78, 5) is 21.1. The lowest BCUT2D eigenvalue weighted by Crippen LogP contribution is -2.35. The molecule has 0 unspecified atom stereocenters. The highest BCUT2D eigenvalue weighted by molar-refractivity contribution is 5.92. The minimum atomic E-state index is 0.00124. The van der Waals surface area contributed by atoms with E-state index in [0.29, 0.717) is 5.76 Å². The van der Waals surface area contributed by atoms with E-state index in [-0.39, 0.29) is 5.91 Å². The molecule has 0 aromatic carbocycles. The van der Waals surface area contributed by atoms with Crippen molar-refractivity contribution in [1.82, 2.24) is 19.4 Å². The SMILES string of the molecule is Cc1ccoc1C(=O)N1CCCN(Cc2nccn2C)CC1. The standard InChI is InChI=1S/C16H22N4O2/c1-13-4-11-22-15(13)16(21)20-7-3-6-19(9-10-20)12-14-17-5-8-18(14)2/h4-5,8,11H,3,6-7,9-10,12H2,1-2H3. The Balaban J connectivity index is 1.61. The maximum absolute atomic E-state index is 12.5. The topological polar surface area (TPSA) is 54.5 Å². The molecule has 0 spiro atoms. The van der Waals surface area contributed by atoms with Gasteiger partial charge < -0.3 is 13.9 Å². The van der Waals surface area contributed by atoms with E-state index in [1.807, 2.05) is 41.9 Å². The van der Waals surface area contributed by atoms with Crippen LogP contribution in [0.1, 0.15) is 28.4 Å². The van der Waals surface area contributed by atoms with E-state index in [2.05, 4.69) is 9.88 Å². The third-order valence-corrected chi connectivity index (χ3v) is 4.22. The summed E-state index contributed by atoms with van der Waals surface area (Å²) in [6, 6.07) is 1.83. The number of aryl methyl sites for hydroxylation is 2. The van der Waals surface area contributed by atoms with E-state index in [0.717, 1.165) is 50.5 Å². The maximum atomic E-state index is 12.5. The van der Waals surface area contributed by atoms with Crippen LogP contribution in [0, 0.1) is 6.92 Å². The Hall–Kier alpha value is -2.08. The molecule has 0 radical (unpaired) electrons. The number of carbonyl (C=O) groups is 1. The number of nitrogens with zero attached hydrogens (tertiary/aromatic N) is 4. The zero-order valence-electron chi connectivity index (χ0n) is 13.2. The van der Waals surface area contributed by atoms with Gasteiger partial charge in [0, 0.05) is 51.2 Å². The molecule has 118 valence electrons. The van der Waals surface area contributed by atoms with Gasteiger partial charge in [-0.15, -0.1) is 0 Å². The molecule has 1 saturated heterocycles. The lowest BCUT2D eigenvalue weighted by Gasteiger charge is -2.21. The zero-order valence-corrected chi connectivity index (χ0v) is 13.2. The summed E-state index contributed by atoms with van der Waals surface area (Å²) in [5.41, 5.74) is 0.902. The maximum Gasteiger partial charge on any atom is 0.289 e. The summed E-state index contributed by atoms with van der Waals surface area (Å²) in [6.45, 7) is 6.07. The van der Waals surface area contributed by atoms with Crippen LogP contribution in [-0.2, 0) is 13.6 Å². The van der Waals surface area contributed by atoms with Gasteiger partial charge in [0.05, 0.1) is 12.8 Å². The number of imidazole rings is 1. The highest BCUT2D eigenvalue weighted by atomic mass is 16.3. The average Bonchev–Trinajstić information content (AvgIpc) is 3.02. The minimum absolute atomic E-state index is 0.00124. The molecule has 0 bridgehead atoms. The van der Waals surface area contributed by atoms with Crippen LogP contribution in [-0.4, -0.2) is 51.4 Å². The van der Waals surface area contributed by atoms with E-state index in [1.54, 1.807) is 6.26 Å². The fourth-order valence-corrected chi connectivity index (χ4v) is 2.82. The molecular formula is C16H22N4O2. The summed E-state index contributed by atoms with van der Waals surface area (Å²) >= 11 is 0. The summed E-state index contributed by atoms with van der Waals surface area (Å²) < 4.78 is 7.37.